The first-order valence-corrected chi connectivity index (χ1v) is 5.85. The Labute approximate surface area is 94.7 Å². The molecule has 0 spiro atoms. The van der Waals surface area contributed by atoms with Crippen molar-refractivity contribution in [3.05, 3.63) is 29.8 Å². The van der Waals surface area contributed by atoms with Gasteiger partial charge in [0, 0.05) is 10.1 Å². The van der Waals surface area contributed by atoms with E-state index in [4.69, 9.17) is 5.11 Å². The Hall–Kier alpha value is -0.960. The highest BCUT2D eigenvalue weighted by Gasteiger charge is 2.19. The number of thioether (sulfide) groups is 1. The second kappa shape index (κ2) is 5.21. The predicted octanol–water partition coefficient (Wildman–Crippen LogP) is 3.20. The predicted molar refractivity (Wildman–Crippen MR) is 63.3 cm³/mol. The lowest BCUT2D eigenvalue weighted by molar-refractivity contribution is -0.140. The molecule has 2 unspecified atom stereocenters. The minimum absolute atomic E-state index is 0.0882. The topological polar surface area (TPSA) is 37.3 Å². The van der Waals surface area contributed by atoms with Crippen LogP contribution in [0.5, 0.6) is 0 Å². The number of carboxylic acids is 1. The summed E-state index contributed by atoms with van der Waals surface area (Å²) >= 11 is 1.61. The van der Waals surface area contributed by atoms with Crippen LogP contribution in [0.4, 0.5) is 0 Å². The van der Waals surface area contributed by atoms with E-state index < -0.39 is 5.97 Å². The minimum Gasteiger partial charge on any atom is -0.481 e. The third-order valence-electron chi connectivity index (χ3n) is 2.44. The zero-order chi connectivity index (χ0) is 11.4. The number of aliphatic carboxylic acids is 1. The minimum atomic E-state index is -0.734. The van der Waals surface area contributed by atoms with Gasteiger partial charge in [0.15, 0.2) is 0 Å². The van der Waals surface area contributed by atoms with E-state index in [-0.39, 0.29) is 11.2 Å². The van der Waals surface area contributed by atoms with Crippen LogP contribution in [0.25, 0.3) is 0 Å². The van der Waals surface area contributed by atoms with E-state index in [9.17, 15) is 4.79 Å². The molecular formula is C12H16O2S. The van der Waals surface area contributed by atoms with E-state index in [1.807, 2.05) is 38.1 Å². The smallest absolute Gasteiger partial charge is 0.307 e. The average Bonchev–Trinajstić information content (AvgIpc) is 2.20. The number of aryl methyl sites for hydroxylation is 1. The number of rotatable bonds is 4. The van der Waals surface area contributed by atoms with Crippen molar-refractivity contribution in [3.63, 3.8) is 0 Å². The summed E-state index contributed by atoms with van der Waals surface area (Å²) < 4.78 is 0. The SMILES string of the molecule is Cc1ccc(SC(C)C(C)C(=O)O)cc1. The molecule has 1 rings (SSSR count). The summed E-state index contributed by atoms with van der Waals surface area (Å²) in [6, 6.07) is 8.15. The van der Waals surface area contributed by atoms with Crippen LogP contribution in [0.15, 0.2) is 29.2 Å². The number of hydrogen-bond acceptors (Lipinski definition) is 2. The standard InChI is InChI=1S/C12H16O2S/c1-8-4-6-11(7-5-8)15-10(3)9(2)12(13)14/h4-7,9-10H,1-3H3,(H,13,14). The largest absolute Gasteiger partial charge is 0.481 e. The Morgan fingerprint density at radius 2 is 1.80 bits per heavy atom. The maximum atomic E-state index is 10.8. The number of carboxylic acid groups (broad SMARTS) is 1. The normalized spacial score (nSPS) is 14.6. The van der Waals surface area contributed by atoms with E-state index in [2.05, 4.69) is 0 Å². The fourth-order valence-electron chi connectivity index (χ4n) is 1.13. The molecule has 0 aliphatic carbocycles. The van der Waals surface area contributed by atoms with Gasteiger partial charge >= 0.3 is 5.97 Å². The van der Waals surface area contributed by atoms with Crippen LogP contribution in [0, 0.1) is 12.8 Å². The second-order valence-electron chi connectivity index (χ2n) is 3.76. The van der Waals surface area contributed by atoms with Crippen molar-refractivity contribution < 1.29 is 9.90 Å². The molecule has 0 heterocycles. The Morgan fingerprint density at radius 3 is 2.27 bits per heavy atom. The second-order valence-corrected chi connectivity index (χ2v) is 5.21. The molecule has 0 amide bonds. The van der Waals surface area contributed by atoms with Crippen LogP contribution >= 0.6 is 11.8 Å². The summed E-state index contributed by atoms with van der Waals surface area (Å²) in [5, 5.41) is 8.95. The lowest BCUT2D eigenvalue weighted by Crippen LogP contribution is -2.19. The Morgan fingerprint density at radius 1 is 1.27 bits per heavy atom. The van der Waals surface area contributed by atoms with Crippen molar-refractivity contribution in [2.45, 2.75) is 30.9 Å². The first kappa shape index (κ1) is 12.1. The van der Waals surface area contributed by atoms with Crippen LogP contribution in [-0.2, 0) is 4.79 Å². The summed E-state index contributed by atoms with van der Waals surface area (Å²) in [5.41, 5.74) is 1.22. The third kappa shape index (κ3) is 3.59. The van der Waals surface area contributed by atoms with Gasteiger partial charge in [-0.3, -0.25) is 4.79 Å². The molecule has 2 nitrogen and oxygen atoms in total. The van der Waals surface area contributed by atoms with Gasteiger partial charge in [0.1, 0.15) is 0 Å². The average molecular weight is 224 g/mol. The fraction of sp³-hybridized carbons (Fsp3) is 0.417. The molecule has 15 heavy (non-hydrogen) atoms. The zero-order valence-corrected chi connectivity index (χ0v) is 10.0. The van der Waals surface area contributed by atoms with Gasteiger partial charge in [-0.15, -0.1) is 11.8 Å². The summed E-state index contributed by atoms with van der Waals surface area (Å²) in [7, 11) is 0. The molecule has 0 bridgehead atoms. The molecule has 0 aliphatic heterocycles. The lowest BCUT2D eigenvalue weighted by atomic mass is 10.1. The quantitative estimate of drug-likeness (QED) is 0.798. The number of hydrogen-bond donors (Lipinski definition) is 1. The van der Waals surface area contributed by atoms with Crippen LogP contribution < -0.4 is 0 Å². The molecule has 0 aromatic heterocycles. The van der Waals surface area contributed by atoms with Gasteiger partial charge in [-0.25, -0.2) is 0 Å². The van der Waals surface area contributed by atoms with E-state index in [1.54, 1.807) is 18.7 Å². The van der Waals surface area contributed by atoms with Crippen molar-refractivity contribution in [1.82, 2.24) is 0 Å². The third-order valence-corrected chi connectivity index (χ3v) is 3.76. The molecule has 3 heteroatoms. The summed E-state index contributed by atoms with van der Waals surface area (Å²) in [5.74, 6) is -1.06. The highest BCUT2D eigenvalue weighted by molar-refractivity contribution is 8.00. The van der Waals surface area contributed by atoms with E-state index >= 15 is 0 Å². The molecule has 0 radical (unpaired) electrons. The molecule has 0 aliphatic rings. The lowest BCUT2D eigenvalue weighted by Gasteiger charge is -2.15. The summed E-state index contributed by atoms with van der Waals surface area (Å²) in [6.45, 7) is 5.73. The van der Waals surface area contributed by atoms with E-state index in [0.717, 1.165) is 4.90 Å². The molecule has 1 aromatic rings. The fourth-order valence-corrected chi connectivity index (χ4v) is 2.18. The van der Waals surface area contributed by atoms with Crippen LogP contribution in [0.2, 0.25) is 0 Å². The Kier molecular flexibility index (Phi) is 4.21. The van der Waals surface area contributed by atoms with Gasteiger partial charge in [-0.1, -0.05) is 31.5 Å². The molecule has 0 saturated carbocycles. The molecule has 0 fully saturated rings. The van der Waals surface area contributed by atoms with Crippen LogP contribution in [-0.4, -0.2) is 16.3 Å². The molecule has 2 atom stereocenters. The van der Waals surface area contributed by atoms with Gasteiger partial charge in [-0.05, 0) is 19.1 Å². The molecule has 1 aromatic carbocycles. The summed E-state index contributed by atoms with van der Waals surface area (Å²) in [6.07, 6.45) is 0. The molecular weight excluding hydrogens is 208 g/mol. The van der Waals surface area contributed by atoms with Crippen molar-refractivity contribution in [2.75, 3.05) is 0 Å². The maximum Gasteiger partial charge on any atom is 0.307 e. The van der Waals surface area contributed by atoms with Gasteiger partial charge in [0.25, 0.3) is 0 Å². The molecule has 1 N–H and O–H groups in total. The monoisotopic (exact) mass is 224 g/mol. The van der Waals surface area contributed by atoms with Crippen LogP contribution in [0.1, 0.15) is 19.4 Å². The van der Waals surface area contributed by atoms with Gasteiger partial charge < -0.3 is 5.11 Å². The molecule has 0 saturated heterocycles. The van der Waals surface area contributed by atoms with Crippen LogP contribution in [0.3, 0.4) is 0 Å². The first-order valence-electron chi connectivity index (χ1n) is 4.97. The Balaban J connectivity index is 2.62. The number of carbonyl (C=O) groups is 1. The van der Waals surface area contributed by atoms with Crippen molar-refractivity contribution in [2.24, 2.45) is 5.92 Å². The molecule has 82 valence electrons. The van der Waals surface area contributed by atoms with Gasteiger partial charge in [0.2, 0.25) is 0 Å². The van der Waals surface area contributed by atoms with E-state index in [1.165, 1.54) is 5.56 Å². The Bertz CT molecular complexity index is 332. The van der Waals surface area contributed by atoms with Crippen molar-refractivity contribution in [3.8, 4) is 0 Å². The first-order chi connectivity index (χ1) is 7.00. The van der Waals surface area contributed by atoms with Gasteiger partial charge in [0.05, 0.1) is 5.92 Å². The highest BCUT2D eigenvalue weighted by Crippen LogP contribution is 2.28. The zero-order valence-electron chi connectivity index (χ0n) is 9.23. The van der Waals surface area contributed by atoms with Crippen molar-refractivity contribution in [1.29, 1.82) is 0 Å². The van der Waals surface area contributed by atoms with Crippen molar-refractivity contribution >= 4 is 17.7 Å². The maximum absolute atomic E-state index is 10.8. The van der Waals surface area contributed by atoms with Gasteiger partial charge in [-0.2, -0.15) is 0 Å². The summed E-state index contributed by atoms with van der Waals surface area (Å²) in [4.78, 5) is 11.9. The van der Waals surface area contributed by atoms with E-state index in [0.29, 0.717) is 0 Å². The highest BCUT2D eigenvalue weighted by atomic mass is 32.2. The number of benzene rings is 1.